The molecule has 20 heavy (non-hydrogen) atoms. The highest BCUT2D eigenvalue weighted by Crippen LogP contribution is 2.19. The number of unbranched alkanes of at least 4 members (excludes halogenated alkanes) is 1. The Labute approximate surface area is 118 Å². The SMILES string of the molecule is Cc1nn(C)c2ncc(S(=O)(=O)NCCCCN)cc12. The molecule has 0 saturated heterocycles. The summed E-state index contributed by atoms with van der Waals surface area (Å²) >= 11 is 0. The van der Waals surface area contributed by atoms with Crippen molar-refractivity contribution in [3.8, 4) is 0 Å². The van der Waals surface area contributed by atoms with Gasteiger partial charge in [0.15, 0.2) is 5.65 Å². The molecule has 110 valence electrons. The minimum Gasteiger partial charge on any atom is -0.330 e. The van der Waals surface area contributed by atoms with Gasteiger partial charge in [-0.3, -0.25) is 4.68 Å². The first-order chi connectivity index (χ1) is 9.45. The smallest absolute Gasteiger partial charge is 0.242 e. The van der Waals surface area contributed by atoms with E-state index in [0.29, 0.717) is 18.7 Å². The third-order valence-corrected chi connectivity index (χ3v) is 4.50. The first-order valence-corrected chi connectivity index (χ1v) is 7.93. The Morgan fingerprint density at radius 1 is 1.40 bits per heavy atom. The summed E-state index contributed by atoms with van der Waals surface area (Å²) in [4.78, 5) is 4.33. The molecule has 0 saturated carbocycles. The molecule has 2 rings (SSSR count). The van der Waals surface area contributed by atoms with Gasteiger partial charge in [-0.25, -0.2) is 18.1 Å². The second-order valence-electron chi connectivity index (χ2n) is 4.64. The van der Waals surface area contributed by atoms with Crippen molar-refractivity contribution in [1.29, 1.82) is 0 Å². The number of nitrogens with one attached hydrogen (secondary N) is 1. The second kappa shape index (κ2) is 5.86. The number of aromatic nitrogens is 3. The fraction of sp³-hybridized carbons (Fsp3) is 0.500. The van der Waals surface area contributed by atoms with Crippen molar-refractivity contribution >= 4 is 21.1 Å². The van der Waals surface area contributed by atoms with Crippen LogP contribution in [0.5, 0.6) is 0 Å². The van der Waals surface area contributed by atoms with Gasteiger partial charge >= 0.3 is 0 Å². The minimum absolute atomic E-state index is 0.161. The quantitative estimate of drug-likeness (QED) is 0.746. The maximum Gasteiger partial charge on any atom is 0.242 e. The fourth-order valence-electron chi connectivity index (χ4n) is 1.99. The summed E-state index contributed by atoms with van der Waals surface area (Å²) in [5.74, 6) is 0. The van der Waals surface area contributed by atoms with Gasteiger partial charge in [-0.05, 0) is 32.4 Å². The number of sulfonamides is 1. The summed E-state index contributed by atoms with van der Waals surface area (Å²) in [6.07, 6.45) is 2.87. The van der Waals surface area contributed by atoms with Gasteiger partial charge in [-0.15, -0.1) is 0 Å². The van der Waals surface area contributed by atoms with Crippen LogP contribution < -0.4 is 10.5 Å². The van der Waals surface area contributed by atoms with E-state index in [9.17, 15) is 8.42 Å². The van der Waals surface area contributed by atoms with Crippen molar-refractivity contribution in [3.05, 3.63) is 18.0 Å². The van der Waals surface area contributed by atoms with Crippen LogP contribution in [0.25, 0.3) is 11.0 Å². The Morgan fingerprint density at radius 2 is 2.15 bits per heavy atom. The van der Waals surface area contributed by atoms with Crippen molar-refractivity contribution in [3.63, 3.8) is 0 Å². The zero-order chi connectivity index (χ0) is 14.8. The molecule has 0 aromatic carbocycles. The number of hydrogen-bond donors (Lipinski definition) is 2. The standard InChI is InChI=1S/C12H19N5O2S/c1-9-11-7-10(8-14-12(11)17(2)16-9)20(18,19)15-6-4-3-5-13/h7-8,15H,3-6,13H2,1-2H3. The Hall–Kier alpha value is -1.51. The minimum atomic E-state index is -3.53. The molecule has 0 bridgehead atoms. The number of nitrogens with two attached hydrogens (primary N) is 1. The summed E-state index contributed by atoms with van der Waals surface area (Å²) in [5.41, 5.74) is 6.80. The lowest BCUT2D eigenvalue weighted by Crippen LogP contribution is -2.25. The van der Waals surface area contributed by atoms with Gasteiger partial charge < -0.3 is 5.73 Å². The van der Waals surface area contributed by atoms with Crippen molar-refractivity contribution in [2.24, 2.45) is 12.8 Å². The van der Waals surface area contributed by atoms with Crippen LogP contribution in [0.15, 0.2) is 17.2 Å². The topological polar surface area (TPSA) is 103 Å². The van der Waals surface area contributed by atoms with Crippen molar-refractivity contribution in [1.82, 2.24) is 19.5 Å². The lowest BCUT2D eigenvalue weighted by Gasteiger charge is -2.06. The summed E-state index contributed by atoms with van der Waals surface area (Å²) in [5, 5.41) is 4.97. The highest BCUT2D eigenvalue weighted by Gasteiger charge is 2.16. The Bertz CT molecular complexity index is 708. The van der Waals surface area contributed by atoms with Crippen LogP contribution in [0.3, 0.4) is 0 Å². The highest BCUT2D eigenvalue weighted by atomic mass is 32.2. The van der Waals surface area contributed by atoms with Crippen LogP contribution >= 0.6 is 0 Å². The maximum absolute atomic E-state index is 12.1. The molecule has 0 unspecified atom stereocenters. The first kappa shape index (κ1) is 14.9. The van der Waals surface area contributed by atoms with E-state index in [1.165, 1.54) is 6.20 Å². The molecule has 0 aliphatic carbocycles. The number of rotatable bonds is 6. The number of hydrogen-bond acceptors (Lipinski definition) is 5. The summed E-state index contributed by atoms with van der Waals surface area (Å²) in [7, 11) is -1.75. The van der Waals surface area contributed by atoms with Crippen molar-refractivity contribution in [2.45, 2.75) is 24.7 Å². The van der Waals surface area contributed by atoms with Crippen molar-refractivity contribution < 1.29 is 8.42 Å². The zero-order valence-corrected chi connectivity index (χ0v) is 12.4. The number of fused-ring (bicyclic) bond motifs is 1. The van der Waals surface area contributed by atoms with E-state index in [1.54, 1.807) is 17.8 Å². The van der Waals surface area contributed by atoms with Crippen LogP contribution in [0.1, 0.15) is 18.5 Å². The molecule has 0 spiro atoms. The molecule has 3 N–H and O–H groups in total. The number of aryl methyl sites for hydroxylation is 2. The molecule has 0 aliphatic heterocycles. The zero-order valence-electron chi connectivity index (χ0n) is 11.6. The van der Waals surface area contributed by atoms with Gasteiger partial charge in [-0.1, -0.05) is 0 Å². The molecule has 0 atom stereocenters. The highest BCUT2D eigenvalue weighted by molar-refractivity contribution is 7.89. The molecular formula is C12H19N5O2S. The Morgan fingerprint density at radius 3 is 2.85 bits per heavy atom. The van der Waals surface area contributed by atoms with Gasteiger partial charge in [0.25, 0.3) is 0 Å². The molecule has 2 aromatic rings. The van der Waals surface area contributed by atoms with E-state index in [0.717, 1.165) is 23.9 Å². The van der Waals surface area contributed by atoms with Crippen molar-refractivity contribution in [2.75, 3.05) is 13.1 Å². The van der Waals surface area contributed by atoms with Crippen LogP contribution in [-0.4, -0.2) is 36.3 Å². The van der Waals surface area contributed by atoms with Gasteiger partial charge in [0.05, 0.1) is 5.69 Å². The largest absolute Gasteiger partial charge is 0.330 e. The van der Waals surface area contributed by atoms with Gasteiger partial charge in [0, 0.05) is 25.2 Å². The van der Waals surface area contributed by atoms with E-state index in [-0.39, 0.29) is 4.90 Å². The lowest BCUT2D eigenvalue weighted by molar-refractivity contribution is 0.577. The number of nitrogens with zero attached hydrogens (tertiary/aromatic N) is 3. The van der Waals surface area contributed by atoms with Crippen LogP contribution in [0.4, 0.5) is 0 Å². The Kier molecular flexibility index (Phi) is 4.36. The fourth-order valence-corrected chi connectivity index (χ4v) is 3.04. The van der Waals surface area contributed by atoms with E-state index < -0.39 is 10.0 Å². The van der Waals surface area contributed by atoms with Crippen LogP contribution in [0.2, 0.25) is 0 Å². The molecule has 0 fully saturated rings. The Balaban J connectivity index is 2.25. The average Bonchev–Trinajstić information content (AvgIpc) is 2.70. The third kappa shape index (κ3) is 2.97. The third-order valence-electron chi connectivity index (χ3n) is 3.07. The van der Waals surface area contributed by atoms with Crippen LogP contribution in [0, 0.1) is 6.92 Å². The average molecular weight is 297 g/mol. The maximum atomic E-state index is 12.1. The van der Waals surface area contributed by atoms with Gasteiger partial charge in [0.2, 0.25) is 10.0 Å². The molecule has 8 heteroatoms. The normalized spacial score (nSPS) is 12.2. The van der Waals surface area contributed by atoms with E-state index in [4.69, 9.17) is 5.73 Å². The monoisotopic (exact) mass is 297 g/mol. The van der Waals surface area contributed by atoms with E-state index >= 15 is 0 Å². The second-order valence-corrected chi connectivity index (χ2v) is 6.41. The van der Waals surface area contributed by atoms with E-state index in [2.05, 4.69) is 14.8 Å². The first-order valence-electron chi connectivity index (χ1n) is 6.45. The summed E-state index contributed by atoms with van der Waals surface area (Å²) in [6, 6.07) is 1.61. The molecule has 2 heterocycles. The van der Waals surface area contributed by atoms with Gasteiger partial charge in [-0.2, -0.15) is 5.10 Å². The predicted molar refractivity (Wildman–Crippen MR) is 76.7 cm³/mol. The summed E-state index contributed by atoms with van der Waals surface area (Å²) in [6.45, 7) is 2.77. The lowest BCUT2D eigenvalue weighted by atomic mass is 10.3. The van der Waals surface area contributed by atoms with Gasteiger partial charge in [0.1, 0.15) is 4.90 Å². The number of pyridine rings is 1. The predicted octanol–water partition coefficient (Wildman–Crippen LogP) is 0.294. The van der Waals surface area contributed by atoms with Crippen LogP contribution in [-0.2, 0) is 17.1 Å². The molecule has 0 aliphatic rings. The molecule has 7 nitrogen and oxygen atoms in total. The molecule has 0 amide bonds. The van der Waals surface area contributed by atoms with E-state index in [1.807, 2.05) is 6.92 Å². The molecular weight excluding hydrogens is 278 g/mol. The molecule has 0 radical (unpaired) electrons. The molecule has 2 aromatic heterocycles. The summed E-state index contributed by atoms with van der Waals surface area (Å²) < 4.78 is 28.5.